The van der Waals surface area contributed by atoms with Gasteiger partial charge in [-0.2, -0.15) is 0 Å². The van der Waals surface area contributed by atoms with Crippen molar-refractivity contribution in [1.29, 1.82) is 0 Å². The van der Waals surface area contributed by atoms with E-state index in [1.165, 1.54) is 6.92 Å². The predicted molar refractivity (Wildman–Crippen MR) is 90.0 cm³/mol. The molecule has 0 aliphatic carbocycles. The average Bonchev–Trinajstić information content (AvgIpc) is 2.51. The Labute approximate surface area is 150 Å². The maximum atomic E-state index is 14.0. The molecule has 25 heavy (non-hydrogen) atoms. The molecular formula is C13H18ClFN2O6S2. The third kappa shape index (κ3) is 6.19. The van der Waals surface area contributed by atoms with Crippen LogP contribution in [-0.2, 0) is 24.8 Å². The quantitative estimate of drug-likeness (QED) is 0.455. The SMILES string of the molecule is CCOC(=O)c1cc(S(=O)(=O)NCCNS(=O)(=O)CC)c(F)cc1Cl. The van der Waals surface area contributed by atoms with Crippen molar-refractivity contribution >= 4 is 37.6 Å². The molecule has 0 spiro atoms. The lowest BCUT2D eigenvalue weighted by molar-refractivity contribution is 0.0526. The van der Waals surface area contributed by atoms with Gasteiger partial charge in [0, 0.05) is 13.1 Å². The molecule has 8 nitrogen and oxygen atoms in total. The molecule has 0 bridgehead atoms. The second-order valence-corrected chi connectivity index (χ2v) is 8.92. The highest BCUT2D eigenvalue weighted by Gasteiger charge is 2.24. The van der Waals surface area contributed by atoms with Crippen LogP contribution in [0.1, 0.15) is 24.2 Å². The lowest BCUT2D eigenvalue weighted by Crippen LogP contribution is -2.35. The van der Waals surface area contributed by atoms with Crippen molar-refractivity contribution in [3.8, 4) is 0 Å². The molecule has 0 heterocycles. The van der Waals surface area contributed by atoms with Crippen molar-refractivity contribution in [2.24, 2.45) is 0 Å². The Bertz CT molecular complexity index is 842. The van der Waals surface area contributed by atoms with E-state index >= 15 is 0 Å². The summed E-state index contributed by atoms with van der Waals surface area (Å²) in [6.07, 6.45) is 0. The third-order valence-corrected chi connectivity index (χ3v) is 6.12. The van der Waals surface area contributed by atoms with Gasteiger partial charge < -0.3 is 4.74 Å². The topological polar surface area (TPSA) is 119 Å². The van der Waals surface area contributed by atoms with Gasteiger partial charge in [-0.05, 0) is 26.0 Å². The molecule has 0 aromatic heterocycles. The summed E-state index contributed by atoms with van der Waals surface area (Å²) >= 11 is 5.74. The fourth-order valence-corrected chi connectivity index (χ4v) is 3.63. The summed E-state index contributed by atoms with van der Waals surface area (Å²) < 4.78 is 69.7. The molecule has 12 heteroatoms. The van der Waals surface area contributed by atoms with Crippen LogP contribution in [0.3, 0.4) is 0 Å². The van der Waals surface area contributed by atoms with Gasteiger partial charge >= 0.3 is 5.97 Å². The van der Waals surface area contributed by atoms with Crippen molar-refractivity contribution in [1.82, 2.24) is 9.44 Å². The van der Waals surface area contributed by atoms with Crippen molar-refractivity contribution in [2.75, 3.05) is 25.4 Å². The van der Waals surface area contributed by atoms with E-state index in [1.54, 1.807) is 6.92 Å². The first-order chi connectivity index (χ1) is 11.5. The van der Waals surface area contributed by atoms with E-state index in [1.807, 2.05) is 4.72 Å². The first kappa shape index (κ1) is 21.8. The molecule has 1 aromatic rings. The average molecular weight is 417 g/mol. The van der Waals surface area contributed by atoms with Gasteiger partial charge in [-0.1, -0.05) is 11.6 Å². The smallest absolute Gasteiger partial charge is 0.339 e. The number of hydrogen-bond acceptors (Lipinski definition) is 6. The molecule has 0 fully saturated rings. The van der Waals surface area contributed by atoms with E-state index in [-0.39, 0.29) is 36.0 Å². The second kappa shape index (κ2) is 8.90. The maximum Gasteiger partial charge on any atom is 0.339 e. The zero-order chi connectivity index (χ0) is 19.3. The number of nitrogens with one attached hydrogen (secondary N) is 2. The Hall–Kier alpha value is -1.27. The van der Waals surface area contributed by atoms with Crippen molar-refractivity contribution < 1.29 is 30.8 Å². The summed E-state index contributed by atoms with van der Waals surface area (Å²) in [6, 6.07) is 1.47. The van der Waals surface area contributed by atoms with Crippen LogP contribution >= 0.6 is 11.6 Å². The van der Waals surface area contributed by atoms with Crippen LogP contribution in [0, 0.1) is 5.82 Å². The minimum absolute atomic E-state index is 0.0322. The van der Waals surface area contributed by atoms with Gasteiger partial charge in [0.15, 0.2) is 0 Å². The van der Waals surface area contributed by atoms with E-state index in [0.717, 1.165) is 6.07 Å². The Morgan fingerprint density at radius 2 is 1.76 bits per heavy atom. The molecule has 0 saturated carbocycles. The van der Waals surface area contributed by atoms with Gasteiger partial charge in [0.1, 0.15) is 10.7 Å². The van der Waals surface area contributed by atoms with Gasteiger partial charge in [0.2, 0.25) is 20.0 Å². The summed E-state index contributed by atoms with van der Waals surface area (Å²) in [5, 5.41) is -0.286. The highest BCUT2D eigenvalue weighted by molar-refractivity contribution is 7.89. The molecule has 1 rings (SSSR count). The van der Waals surface area contributed by atoms with E-state index in [2.05, 4.69) is 4.72 Å². The predicted octanol–water partition coefficient (Wildman–Crippen LogP) is 0.873. The first-order valence-electron chi connectivity index (χ1n) is 7.17. The van der Waals surface area contributed by atoms with Gasteiger partial charge in [0.05, 0.1) is 22.9 Å². The van der Waals surface area contributed by atoms with Crippen molar-refractivity contribution in [2.45, 2.75) is 18.7 Å². The van der Waals surface area contributed by atoms with Gasteiger partial charge in [-0.3, -0.25) is 0 Å². The highest BCUT2D eigenvalue weighted by Crippen LogP contribution is 2.24. The molecule has 0 aliphatic heterocycles. The fourth-order valence-electron chi connectivity index (χ4n) is 1.67. The number of carbonyl (C=O) groups excluding carboxylic acids is 1. The Morgan fingerprint density at radius 1 is 1.16 bits per heavy atom. The van der Waals surface area contributed by atoms with Gasteiger partial charge in [-0.15, -0.1) is 0 Å². The molecule has 0 radical (unpaired) electrons. The zero-order valence-electron chi connectivity index (χ0n) is 13.5. The molecule has 0 saturated heterocycles. The minimum Gasteiger partial charge on any atom is -0.462 e. The lowest BCUT2D eigenvalue weighted by atomic mass is 10.2. The summed E-state index contributed by atoms with van der Waals surface area (Å²) in [5.41, 5.74) is -0.294. The van der Waals surface area contributed by atoms with E-state index in [9.17, 15) is 26.0 Å². The Kier molecular flexibility index (Phi) is 7.75. The molecule has 0 unspecified atom stereocenters. The van der Waals surface area contributed by atoms with Crippen molar-refractivity contribution in [3.05, 3.63) is 28.5 Å². The lowest BCUT2D eigenvalue weighted by Gasteiger charge is -2.11. The fraction of sp³-hybridized carbons (Fsp3) is 0.462. The monoisotopic (exact) mass is 416 g/mol. The molecule has 0 amide bonds. The molecular weight excluding hydrogens is 399 g/mol. The third-order valence-electron chi connectivity index (χ3n) is 2.93. The largest absolute Gasteiger partial charge is 0.462 e. The van der Waals surface area contributed by atoms with Crippen molar-refractivity contribution in [3.63, 3.8) is 0 Å². The van der Waals surface area contributed by atoms with Gasteiger partial charge in [-0.25, -0.2) is 35.5 Å². The first-order valence-corrected chi connectivity index (χ1v) is 10.7. The Balaban J connectivity index is 2.97. The highest BCUT2D eigenvalue weighted by atomic mass is 35.5. The number of esters is 1. The summed E-state index contributed by atoms with van der Waals surface area (Å²) in [4.78, 5) is 10.9. The molecule has 2 N–H and O–H groups in total. The number of carbonyl (C=O) groups is 1. The number of halogens is 2. The van der Waals surface area contributed by atoms with Crippen LogP contribution in [0.4, 0.5) is 4.39 Å². The number of sulfonamides is 2. The molecule has 1 aromatic carbocycles. The normalized spacial score (nSPS) is 12.2. The molecule has 0 atom stereocenters. The van der Waals surface area contributed by atoms with Crippen LogP contribution < -0.4 is 9.44 Å². The van der Waals surface area contributed by atoms with E-state index in [0.29, 0.717) is 6.07 Å². The number of benzene rings is 1. The summed E-state index contributed by atoms with van der Waals surface area (Å²) in [7, 11) is -7.81. The summed E-state index contributed by atoms with van der Waals surface area (Å²) in [5.74, 6) is -2.20. The van der Waals surface area contributed by atoms with E-state index in [4.69, 9.17) is 16.3 Å². The number of ether oxygens (including phenoxy) is 1. The van der Waals surface area contributed by atoms with Crippen LogP contribution in [0.5, 0.6) is 0 Å². The van der Waals surface area contributed by atoms with E-state index < -0.39 is 36.7 Å². The van der Waals surface area contributed by atoms with Crippen LogP contribution in [0.25, 0.3) is 0 Å². The zero-order valence-corrected chi connectivity index (χ0v) is 15.9. The van der Waals surface area contributed by atoms with Crippen LogP contribution in [0.15, 0.2) is 17.0 Å². The minimum atomic E-state index is -4.33. The van der Waals surface area contributed by atoms with Gasteiger partial charge in [0.25, 0.3) is 0 Å². The standard InChI is InChI=1S/C13H18ClFN2O6S2/c1-3-23-13(18)9-7-12(11(15)8-10(9)14)25(21,22)17-6-5-16-24(19,20)4-2/h7-8,16-17H,3-6H2,1-2H3. The van der Waals surface area contributed by atoms with Crippen LogP contribution in [-0.4, -0.2) is 48.3 Å². The number of rotatable bonds is 9. The Morgan fingerprint density at radius 3 is 2.32 bits per heavy atom. The molecule has 0 aliphatic rings. The second-order valence-electron chi connectivity index (χ2n) is 4.68. The van der Waals surface area contributed by atoms with Crippen LogP contribution in [0.2, 0.25) is 5.02 Å². The maximum absolute atomic E-state index is 14.0. The molecule has 142 valence electrons. The summed E-state index contributed by atoms with van der Waals surface area (Å²) in [6.45, 7) is 2.48. The number of hydrogen-bond donors (Lipinski definition) is 2.